The minimum absolute atomic E-state index is 0.0109. The first-order chi connectivity index (χ1) is 21.7. The number of nitrogens with zero attached hydrogens (tertiary/aromatic N) is 1. The number of carbonyl (C=O) groups excluding carboxylic acids is 2. The first kappa shape index (κ1) is 30.5. The molecule has 0 spiro atoms. The molecule has 3 atom stereocenters. The SMILES string of the molecule is CC(=O)OC1=C([N+](C)(c2ccccc2)S(=O)(=O)c2cccc(C3CC3)c2)C(=O)OC(c2ccccc2)C1CCc1ccccc1. The number of hydrogen-bond donors (Lipinski definition) is 0. The quantitative estimate of drug-likeness (QED) is 0.137. The number of esters is 2. The van der Waals surface area contributed by atoms with E-state index in [4.69, 9.17) is 9.47 Å². The number of sulfonamides is 1. The van der Waals surface area contributed by atoms with E-state index in [9.17, 15) is 18.0 Å². The van der Waals surface area contributed by atoms with Gasteiger partial charge in [-0.25, -0.2) is 4.79 Å². The van der Waals surface area contributed by atoms with Crippen molar-refractivity contribution in [2.75, 3.05) is 7.05 Å². The van der Waals surface area contributed by atoms with Gasteiger partial charge in [-0.15, -0.1) is 3.89 Å². The first-order valence-corrected chi connectivity index (χ1v) is 16.6. The molecule has 0 saturated heterocycles. The van der Waals surface area contributed by atoms with Crippen molar-refractivity contribution in [3.8, 4) is 0 Å². The number of aryl methyl sites for hydroxylation is 1. The molecule has 1 fully saturated rings. The Labute approximate surface area is 264 Å². The molecule has 0 radical (unpaired) electrons. The summed E-state index contributed by atoms with van der Waals surface area (Å²) in [6.07, 6.45) is 2.22. The lowest BCUT2D eigenvalue weighted by Gasteiger charge is -2.39. The number of ether oxygens (including phenoxy) is 2. The highest BCUT2D eigenvalue weighted by Gasteiger charge is 2.56. The van der Waals surface area contributed by atoms with Crippen LogP contribution in [0.3, 0.4) is 0 Å². The van der Waals surface area contributed by atoms with Gasteiger partial charge in [0.05, 0.1) is 13.0 Å². The van der Waals surface area contributed by atoms with Gasteiger partial charge in [0, 0.05) is 19.1 Å². The Morgan fingerprint density at radius 1 is 0.844 bits per heavy atom. The van der Waals surface area contributed by atoms with Gasteiger partial charge in [-0.3, -0.25) is 4.79 Å². The molecule has 4 aromatic rings. The van der Waals surface area contributed by atoms with E-state index < -0.39 is 37.9 Å². The molecule has 0 N–H and O–H groups in total. The van der Waals surface area contributed by atoms with Crippen LogP contribution in [-0.4, -0.2) is 27.4 Å². The van der Waals surface area contributed by atoms with E-state index in [2.05, 4.69) is 0 Å². The summed E-state index contributed by atoms with van der Waals surface area (Å²) in [5.74, 6) is -1.83. The van der Waals surface area contributed by atoms with Crippen LogP contribution in [0.5, 0.6) is 0 Å². The van der Waals surface area contributed by atoms with Gasteiger partial charge in [0.15, 0.2) is 11.4 Å². The average Bonchev–Trinajstić information content (AvgIpc) is 3.91. The van der Waals surface area contributed by atoms with Gasteiger partial charge in [-0.05, 0) is 60.4 Å². The number of benzene rings is 4. The molecule has 3 unspecified atom stereocenters. The van der Waals surface area contributed by atoms with Crippen molar-refractivity contribution in [2.45, 2.75) is 49.5 Å². The van der Waals surface area contributed by atoms with E-state index in [1.165, 1.54) is 14.0 Å². The molecule has 6 rings (SSSR count). The van der Waals surface area contributed by atoms with Crippen LogP contribution in [0.2, 0.25) is 0 Å². The number of hydrogen-bond acceptors (Lipinski definition) is 6. The molecule has 8 heteroatoms. The molecule has 45 heavy (non-hydrogen) atoms. The van der Waals surface area contributed by atoms with E-state index in [1.54, 1.807) is 48.5 Å². The Hall–Kier alpha value is -4.53. The third-order valence-corrected chi connectivity index (χ3v) is 10.9. The zero-order valence-corrected chi connectivity index (χ0v) is 26.2. The molecule has 1 heterocycles. The van der Waals surface area contributed by atoms with Crippen molar-refractivity contribution in [3.05, 3.63) is 143 Å². The van der Waals surface area contributed by atoms with Gasteiger partial charge >= 0.3 is 22.0 Å². The predicted octanol–water partition coefficient (Wildman–Crippen LogP) is 7.21. The van der Waals surface area contributed by atoms with Crippen molar-refractivity contribution < 1.29 is 27.5 Å². The first-order valence-electron chi connectivity index (χ1n) is 15.2. The number of rotatable bonds is 10. The summed E-state index contributed by atoms with van der Waals surface area (Å²) < 4.78 is 41.1. The highest BCUT2D eigenvalue weighted by Crippen LogP contribution is 2.47. The van der Waals surface area contributed by atoms with E-state index in [-0.39, 0.29) is 16.4 Å². The zero-order valence-electron chi connectivity index (χ0n) is 25.3. The van der Waals surface area contributed by atoms with E-state index in [1.807, 2.05) is 66.7 Å². The summed E-state index contributed by atoms with van der Waals surface area (Å²) in [5.41, 5.74) is 2.79. The summed E-state index contributed by atoms with van der Waals surface area (Å²) >= 11 is 0. The third kappa shape index (κ3) is 5.95. The summed E-state index contributed by atoms with van der Waals surface area (Å²) in [7, 11) is -2.90. The minimum atomic E-state index is -4.37. The van der Waals surface area contributed by atoms with Gasteiger partial charge in [0.1, 0.15) is 11.0 Å². The van der Waals surface area contributed by atoms with Crippen LogP contribution in [-0.2, 0) is 35.5 Å². The molecule has 2 aliphatic rings. The maximum Gasteiger partial charge on any atom is 0.398 e. The van der Waals surface area contributed by atoms with Crippen LogP contribution in [0.1, 0.15) is 54.9 Å². The topological polar surface area (TPSA) is 86.7 Å². The van der Waals surface area contributed by atoms with Gasteiger partial charge in [0.2, 0.25) is 0 Å². The zero-order chi connectivity index (χ0) is 31.6. The lowest BCUT2D eigenvalue weighted by molar-refractivity contribution is -0.155. The van der Waals surface area contributed by atoms with Gasteiger partial charge < -0.3 is 9.47 Å². The average molecular weight is 623 g/mol. The van der Waals surface area contributed by atoms with Crippen LogP contribution in [0.15, 0.2) is 132 Å². The second kappa shape index (κ2) is 12.5. The second-order valence-electron chi connectivity index (χ2n) is 11.8. The fourth-order valence-corrected chi connectivity index (χ4v) is 7.94. The Morgan fingerprint density at radius 2 is 1.44 bits per heavy atom. The highest BCUT2D eigenvalue weighted by molar-refractivity contribution is 7.91. The van der Waals surface area contributed by atoms with Gasteiger partial charge in [-0.2, -0.15) is 8.42 Å². The fourth-order valence-electron chi connectivity index (χ4n) is 6.18. The smallest absolute Gasteiger partial charge is 0.398 e. The molecule has 0 aromatic heterocycles. The number of quaternary nitrogens is 1. The maximum absolute atomic E-state index is 15.0. The Bertz CT molecular complexity index is 1840. The van der Waals surface area contributed by atoms with Crippen LogP contribution >= 0.6 is 0 Å². The normalized spacial score (nSPS) is 19.8. The van der Waals surface area contributed by atoms with E-state index >= 15 is 0 Å². The summed E-state index contributed by atoms with van der Waals surface area (Å²) in [5, 5.41) is 0. The molecule has 0 bridgehead atoms. The van der Waals surface area contributed by atoms with Gasteiger partial charge in [-0.1, -0.05) is 91.0 Å². The molecular weight excluding hydrogens is 586 g/mol. The Kier molecular flexibility index (Phi) is 8.44. The Morgan fingerprint density at radius 3 is 2.07 bits per heavy atom. The van der Waals surface area contributed by atoms with Crippen LogP contribution in [0, 0.1) is 5.92 Å². The summed E-state index contributed by atoms with van der Waals surface area (Å²) in [6.45, 7) is 1.26. The standard InChI is InChI=1S/C37H36NO6S/c1-26(39)43-36-33(24-21-27-13-6-3-7-14-27)35(29-15-8-4-9-16-29)44-37(40)34(36)38(2,31-18-10-5-11-19-31)45(41,42)32-20-12-17-30(25-32)28-22-23-28/h3-20,25,28,33,35H,21-24H2,1-2H3/q+1. The molecule has 4 aromatic carbocycles. The number of cyclic esters (lactones) is 1. The molecule has 1 saturated carbocycles. The monoisotopic (exact) mass is 622 g/mol. The minimum Gasteiger partial charge on any atom is -0.449 e. The molecule has 7 nitrogen and oxygen atoms in total. The summed E-state index contributed by atoms with van der Waals surface area (Å²) in [6, 6.07) is 34.6. The van der Waals surface area contributed by atoms with Crippen LogP contribution in [0.4, 0.5) is 5.69 Å². The fraction of sp³-hybridized carbons (Fsp3) is 0.243. The highest BCUT2D eigenvalue weighted by atomic mass is 32.2. The molecule has 230 valence electrons. The third-order valence-electron chi connectivity index (χ3n) is 8.69. The van der Waals surface area contributed by atoms with E-state index in [0.29, 0.717) is 24.4 Å². The number of likely N-dealkylation sites (N-methyl/N-ethyl adjacent to an activating group) is 1. The molecule has 0 amide bonds. The van der Waals surface area contributed by atoms with E-state index in [0.717, 1.165) is 29.5 Å². The van der Waals surface area contributed by atoms with Crippen LogP contribution < -0.4 is 3.89 Å². The predicted molar refractivity (Wildman–Crippen MR) is 172 cm³/mol. The van der Waals surface area contributed by atoms with Crippen molar-refractivity contribution >= 4 is 27.6 Å². The number of para-hydroxylation sites is 1. The van der Waals surface area contributed by atoms with Crippen molar-refractivity contribution in [1.82, 2.24) is 3.89 Å². The van der Waals surface area contributed by atoms with Crippen molar-refractivity contribution in [1.29, 1.82) is 0 Å². The summed E-state index contributed by atoms with van der Waals surface area (Å²) in [4.78, 5) is 27.2. The lowest BCUT2D eigenvalue weighted by Crippen LogP contribution is -2.54. The second-order valence-corrected chi connectivity index (χ2v) is 13.9. The molecule has 1 aliphatic carbocycles. The van der Waals surface area contributed by atoms with Crippen molar-refractivity contribution in [2.24, 2.45) is 5.92 Å². The lowest BCUT2D eigenvalue weighted by atomic mass is 9.85. The number of carbonyl (C=O) groups is 2. The maximum atomic E-state index is 15.0. The van der Waals surface area contributed by atoms with Crippen molar-refractivity contribution in [3.63, 3.8) is 0 Å². The molecular formula is C37H36NO6S+. The largest absolute Gasteiger partial charge is 0.449 e. The van der Waals surface area contributed by atoms with Gasteiger partial charge in [0.25, 0.3) is 5.70 Å². The van der Waals surface area contributed by atoms with Crippen LogP contribution in [0.25, 0.3) is 0 Å². The molecule has 1 aliphatic heterocycles. The Balaban J connectivity index is 1.59.